The summed E-state index contributed by atoms with van der Waals surface area (Å²) in [5, 5.41) is 0. The zero-order valence-electron chi connectivity index (χ0n) is 16.6. The normalized spacial score (nSPS) is 10.5. The molecule has 3 nitrogen and oxygen atoms in total. The maximum atomic E-state index is 8.66. The van der Waals surface area contributed by atoms with Crippen LogP contribution in [0, 0.1) is 0 Å². The van der Waals surface area contributed by atoms with Crippen molar-refractivity contribution < 1.29 is 23.9 Å². The van der Waals surface area contributed by atoms with E-state index in [1.807, 2.05) is 52.4 Å². The Hall–Kier alpha value is 2.79. The van der Waals surface area contributed by atoms with Gasteiger partial charge in [-0.3, -0.25) is 0 Å². The first-order chi connectivity index (χ1) is 9.15. The molecule has 0 aliphatic rings. The van der Waals surface area contributed by atoms with Gasteiger partial charge in [0.25, 0.3) is 0 Å². The summed E-state index contributed by atoms with van der Waals surface area (Å²) in [7, 11) is -4.34. The van der Waals surface area contributed by atoms with Crippen molar-refractivity contribution in [2.45, 2.75) is 78.6 Å². The molecule has 0 fully saturated rings. The first-order valence-corrected chi connectivity index (χ1v) is 29.9. The molecule has 0 spiro atoms. The Morgan fingerprint density at radius 3 is 0.682 bits per heavy atom. The van der Waals surface area contributed by atoms with E-state index >= 15 is 0 Å². The van der Waals surface area contributed by atoms with Gasteiger partial charge < -0.3 is 14.4 Å². The van der Waals surface area contributed by atoms with Gasteiger partial charge in [0, 0.05) is 8.07 Å². The minimum atomic E-state index is -1.61. The molecular weight excluding hydrogens is 609 g/mol. The molecule has 3 N–H and O–H groups in total. The number of rotatable bonds is 0. The second kappa shape index (κ2) is 20.1. The van der Waals surface area contributed by atoms with Gasteiger partial charge in [0.05, 0.1) is 0 Å². The quantitative estimate of drug-likeness (QED) is 0.246. The van der Waals surface area contributed by atoms with Crippen molar-refractivity contribution in [3.05, 3.63) is 0 Å². The van der Waals surface area contributed by atoms with E-state index in [0.717, 1.165) is 0 Å². The van der Waals surface area contributed by atoms with Crippen LogP contribution in [0.2, 0.25) is 78.6 Å². The van der Waals surface area contributed by atoms with Gasteiger partial charge in [0.1, 0.15) is 0 Å². The van der Waals surface area contributed by atoms with Crippen molar-refractivity contribution in [2.24, 2.45) is 0 Å². The molecule has 0 saturated carbocycles. The van der Waals surface area contributed by atoms with Crippen molar-refractivity contribution in [2.75, 3.05) is 0 Å². The number of hydrogen-bond donors (Lipinski definition) is 3. The van der Waals surface area contributed by atoms with Crippen LogP contribution in [0.5, 0.6) is 0 Å². The van der Waals surface area contributed by atoms with Crippen LogP contribution >= 0.6 is 40.0 Å². The van der Waals surface area contributed by atoms with E-state index in [-0.39, 0.29) is 0 Å². The summed E-state index contributed by atoms with van der Waals surface area (Å²) in [6.07, 6.45) is 0. The van der Waals surface area contributed by atoms with Crippen LogP contribution in [-0.4, -0.2) is 48.1 Å². The van der Waals surface area contributed by atoms with Crippen LogP contribution in [0.15, 0.2) is 0 Å². The fourth-order valence-corrected chi connectivity index (χ4v) is 0. The SMILES string of the molecule is C[SiH](C)O.C[Si](C)(C)C.C[Si](C)(C)O.C[Si](C)(C)O.[I][V][I]. The van der Waals surface area contributed by atoms with Crippen LogP contribution in [0.1, 0.15) is 0 Å². The molecule has 0 radical (unpaired) electrons. The van der Waals surface area contributed by atoms with E-state index in [0.29, 0.717) is 9.47 Å². The summed E-state index contributed by atoms with van der Waals surface area (Å²) >= 11 is 4.74. The Morgan fingerprint density at radius 1 is 0.682 bits per heavy atom. The summed E-state index contributed by atoms with van der Waals surface area (Å²) in [6.45, 7) is 24.3. The molecule has 0 aromatic carbocycles. The van der Waals surface area contributed by atoms with Gasteiger partial charge in [-0.25, -0.2) is 0 Å². The van der Waals surface area contributed by atoms with Crippen molar-refractivity contribution in [3.8, 4) is 0 Å². The monoisotopic (exact) mass is 649 g/mol. The summed E-state index contributed by atoms with van der Waals surface area (Å²) in [4.78, 5) is 25.5. The topological polar surface area (TPSA) is 60.7 Å². The second-order valence-electron chi connectivity index (χ2n) is 8.50. The van der Waals surface area contributed by atoms with Gasteiger partial charge in [-0.2, -0.15) is 0 Å². The van der Waals surface area contributed by atoms with E-state index in [1.165, 1.54) is 0 Å². The van der Waals surface area contributed by atoms with Crippen molar-refractivity contribution >= 4 is 73.7 Å². The molecule has 0 aliphatic heterocycles. The van der Waals surface area contributed by atoms with Crippen LogP contribution in [-0.2, 0) is 9.47 Å². The molecule has 0 amide bonds. The van der Waals surface area contributed by atoms with Gasteiger partial charge in [-0.15, -0.1) is 0 Å². The molecule has 0 bridgehead atoms. The predicted octanol–water partition coefficient (Wildman–Crippen LogP) is 5.31. The van der Waals surface area contributed by atoms with Gasteiger partial charge in [0.15, 0.2) is 25.7 Å². The number of hydrogen-bond acceptors (Lipinski definition) is 3. The average molecular weight is 650 g/mol. The van der Waals surface area contributed by atoms with Gasteiger partial charge in [0.2, 0.25) is 0 Å². The third-order valence-corrected chi connectivity index (χ3v) is 0. The molecule has 0 aromatic rings. The standard InChI is InChI=1S/C4H12Si.2C3H10OSi.C2H8OSi.2HI.V/c3*1-5(2,3)4;1-4(2)3;;;/h1-4H3;2*4H,1-3H3;3-4H,1-2H3;2*1H;/q;;;;;;+2/p-2. The van der Waals surface area contributed by atoms with Gasteiger partial charge in [-0.1, -0.05) is 26.2 Å². The average Bonchev–Trinajstić information content (AvgIpc) is 1.89. The molecule has 0 atom stereocenters. The minimum absolute atomic E-state index is 0.611. The summed E-state index contributed by atoms with van der Waals surface area (Å²) in [5.41, 5.74) is 0. The zero-order valence-corrected chi connectivity index (χ0v) is 26.5. The predicted molar refractivity (Wildman–Crippen MR) is 129 cm³/mol. The zero-order chi connectivity index (χ0) is 19.8. The van der Waals surface area contributed by atoms with Crippen LogP contribution in [0.3, 0.4) is 0 Å². The molecule has 22 heavy (non-hydrogen) atoms. The molecule has 0 rings (SSSR count). The first-order valence-electron chi connectivity index (χ1n) is 7.20. The summed E-state index contributed by atoms with van der Waals surface area (Å²) in [5.74, 6) is 0. The fraction of sp³-hybridized carbons (Fsp3) is 1.00. The Labute approximate surface area is 174 Å². The Bertz CT molecular complexity index is 157. The van der Waals surface area contributed by atoms with Crippen molar-refractivity contribution in [1.29, 1.82) is 0 Å². The van der Waals surface area contributed by atoms with Crippen LogP contribution in [0.4, 0.5) is 0 Å². The molecular formula is C12H40I2O3Si4V. The first kappa shape index (κ1) is 35.8. The molecule has 0 heterocycles. The molecule has 0 aromatic heterocycles. The molecule has 0 aliphatic carbocycles. The number of halogens is 2. The Kier molecular flexibility index (Phi) is 32.7. The van der Waals surface area contributed by atoms with Crippen LogP contribution in [0.25, 0.3) is 0 Å². The van der Waals surface area contributed by atoms with Crippen LogP contribution < -0.4 is 0 Å². The van der Waals surface area contributed by atoms with Gasteiger partial charge in [-0.05, 0) is 52.4 Å². The maximum absolute atomic E-state index is 8.66. The third kappa shape index (κ3) is 1390. The van der Waals surface area contributed by atoms with E-state index in [4.69, 9.17) is 14.4 Å². The van der Waals surface area contributed by atoms with E-state index in [1.54, 1.807) is 0 Å². The molecule has 141 valence electrons. The third-order valence-electron chi connectivity index (χ3n) is 0. The second-order valence-corrected chi connectivity index (χ2v) is 37.2. The van der Waals surface area contributed by atoms with Crippen molar-refractivity contribution in [3.63, 3.8) is 0 Å². The van der Waals surface area contributed by atoms with Gasteiger partial charge >= 0.3 is 49.4 Å². The fourth-order valence-electron chi connectivity index (χ4n) is 0. The Morgan fingerprint density at radius 2 is 0.682 bits per heavy atom. The summed E-state index contributed by atoms with van der Waals surface area (Å²) < 4.78 is 0. The summed E-state index contributed by atoms with van der Waals surface area (Å²) in [6, 6.07) is 0. The van der Waals surface area contributed by atoms with E-state index in [9.17, 15) is 0 Å². The molecule has 0 unspecified atom stereocenters. The molecule has 10 heteroatoms. The van der Waals surface area contributed by atoms with Crippen molar-refractivity contribution in [1.82, 2.24) is 0 Å². The Balaban J connectivity index is -0.0000000554. The van der Waals surface area contributed by atoms with E-state index in [2.05, 4.69) is 66.1 Å². The molecule has 0 saturated heterocycles. The van der Waals surface area contributed by atoms with E-state index < -0.39 is 33.7 Å².